The van der Waals surface area contributed by atoms with Crippen LogP contribution >= 0.6 is 0 Å². The summed E-state index contributed by atoms with van der Waals surface area (Å²) in [6, 6.07) is 17.3. The van der Waals surface area contributed by atoms with Gasteiger partial charge in [0.15, 0.2) is 11.2 Å². The molecule has 2 heterocycles. The van der Waals surface area contributed by atoms with Gasteiger partial charge in [-0.3, -0.25) is 14.3 Å². The highest BCUT2D eigenvalue weighted by atomic mass is 16.5. The van der Waals surface area contributed by atoms with Crippen LogP contribution < -0.4 is 21.4 Å². The lowest BCUT2D eigenvalue weighted by Crippen LogP contribution is -2.30. The predicted molar refractivity (Wildman–Crippen MR) is 140 cm³/mol. The zero-order chi connectivity index (χ0) is 25.7. The Labute approximate surface area is 207 Å². The number of para-hydroxylation sites is 1. The highest BCUT2D eigenvalue weighted by Crippen LogP contribution is 2.19. The molecule has 36 heavy (non-hydrogen) atoms. The van der Waals surface area contributed by atoms with Gasteiger partial charge in [-0.2, -0.15) is 10.1 Å². The van der Waals surface area contributed by atoms with Gasteiger partial charge in [0, 0.05) is 7.05 Å². The molecule has 0 aliphatic rings. The molecule has 0 aliphatic heterocycles. The molecule has 4 rings (SSSR count). The number of anilines is 1. The molecule has 0 amide bonds. The van der Waals surface area contributed by atoms with Gasteiger partial charge in [0.1, 0.15) is 18.5 Å². The zero-order valence-corrected chi connectivity index (χ0v) is 20.3. The number of H-pyrrole nitrogens is 1. The van der Waals surface area contributed by atoms with Crippen molar-refractivity contribution in [1.82, 2.24) is 19.1 Å². The number of hydrazone groups is 1. The Balaban J connectivity index is 1.61. The van der Waals surface area contributed by atoms with Crippen LogP contribution in [0.5, 0.6) is 5.75 Å². The van der Waals surface area contributed by atoms with Crippen molar-refractivity contribution in [3.05, 3.63) is 92.6 Å². The maximum absolute atomic E-state index is 12.7. The van der Waals surface area contributed by atoms with E-state index in [1.807, 2.05) is 80.6 Å². The van der Waals surface area contributed by atoms with E-state index in [0.29, 0.717) is 11.5 Å². The summed E-state index contributed by atoms with van der Waals surface area (Å²) in [5.41, 5.74) is 4.62. The third-order valence-corrected chi connectivity index (χ3v) is 5.57. The van der Waals surface area contributed by atoms with E-state index in [9.17, 15) is 14.7 Å². The van der Waals surface area contributed by atoms with Crippen LogP contribution in [0.3, 0.4) is 0 Å². The topological polar surface area (TPSA) is 127 Å². The minimum absolute atomic E-state index is 0.00422. The van der Waals surface area contributed by atoms with Crippen molar-refractivity contribution in [1.29, 1.82) is 0 Å². The Morgan fingerprint density at radius 3 is 2.67 bits per heavy atom. The molecule has 4 aromatic rings. The van der Waals surface area contributed by atoms with E-state index in [-0.39, 0.29) is 30.3 Å². The molecular formula is C26H28N6O4. The van der Waals surface area contributed by atoms with Gasteiger partial charge < -0.3 is 14.4 Å². The third-order valence-electron chi connectivity index (χ3n) is 5.57. The van der Waals surface area contributed by atoms with E-state index in [0.717, 1.165) is 11.1 Å². The minimum atomic E-state index is -0.970. The molecular weight excluding hydrogens is 460 g/mol. The van der Waals surface area contributed by atoms with Crippen molar-refractivity contribution < 1.29 is 9.84 Å². The van der Waals surface area contributed by atoms with Crippen LogP contribution in [0, 0.1) is 6.92 Å². The van der Waals surface area contributed by atoms with Gasteiger partial charge in [-0.15, -0.1) is 0 Å². The molecule has 10 nitrogen and oxygen atoms in total. The summed E-state index contributed by atoms with van der Waals surface area (Å²) in [4.78, 5) is 31.5. The Morgan fingerprint density at radius 1 is 1.19 bits per heavy atom. The summed E-state index contributed by atoms with van der Waals surface area (Å²) < 4.78 is 8.50. The fourth-order valence-corrected chi connectivity index (χ4v) is 3.62. The summed E-state index contributed by atoms with van der Waals surface area (Å²) in [6.45, 7) is 3.71. The largest absolute Gasteiger partial charge is 0.491 e. The van der Waals surface area contributed by atoms with Gasteiger partial charge in [0.25, 0.3) is 5.56 Å². The minimum Gasteiger partial charge on any atom is -0.491 e. The quantitative estimate of drug-likeness (QED) is 0.246. The SMILES string of the molecule is CC(/C=C/c1ccccc1)=N/Nc1nc2c(c(=O)[nH]c(=O)n2C)n1C[C@@H](O)COc1ccccc1C. The van der Waals surface area contributed by atoms with Crippen molar-refractivity contribution >= 4 is 28.9 Å². The van der Waals surface area contributed by atoms with Crippen LogP contribution in [-0.2, 0) is 13.6 Å². The molecule has 0 unspecified atom stereocenters. The van der Waals surface area contributed by atoms with E-state index in [4.69, 9.17) is 4.74 Å². The Morgan fingerprint density at radius 2 is 1.92 bits per heavy atom. The fourth-order valence-electron chi connectivity index (χ4n) is 3.62. The average molecular weight is 489 g/mol. The molecule has 0 fully saturated rings. The number of benzene rings is 2. The van der Waals surface area contributed by atoms with E-state index >= 15 is 0 Å². The van der Waals surface area contributed by atoms with Crippen molar-refractivity contribution in [3.8, 4) is 5.75 Å². The molecule has 0 spiro atoms. The van der Waals surface area contributed by atoms with Gasteiger partial charge in [0.05, 0.1) is 12.3 Å². The van der Waals surface area contributed by atoms with Gasteiger partial charge in [-0.1, -0.05) is 54.6 Å². The number of aliphatic hydroxyl groups excluding tert-OH is 1. The maximum atomic E-state index is 12.7. The molecule has 186 valence electrons. The first-order valence-electron chi connectivity index (χ1n) is 11.4. The second-order valence-electron chi connectivity index (χ2n) is 8.38. The first kappa shape index (κ1) is 24.7. The summed E-state index contributed by atoms with van der Waals surface area (Å²) in [6.07, 6.45) is 2.79. The Kier molecular flexibility index (Phi) is 7.45. The maximum Gasteiger partial charge on any atom is 0.329 e. The summed E-state index contributed by atoms with van der Waals surface area (Å²) in [7, 11) is 1.51. The molecule has 1 atom stereocenters. The number of fused-ring (bicyclic) bond motifs is 1. The van der Waals surface area contributed by atoms with Crippen LogP contribution in [0.1, 0.15) is 18.1 Å². The van der Waals surface area contributed by atoms with Gasteiger partial charge >= 0.3 is 5.69 Å². The summed E-state index contributed by atoms with van der Waals surface area (Å²) in [5.74, 6) is 0.871. The van der Waals surface area contributed by atoms with E-state index in [2.05, 4.69) is 20.5 Å². The number of aromatic nitrogens is 4. The average Bonchev–Trinajstić information content (AvgIpc) is 3.23. The second kappa shape index (κ2) is 10.9. The number of nitrogens with zero attached hydrogens (tertiary/aromatic N) is 4. The van der Waals surface area contributed by atoms with Crippen molar-refractivity contribution in [3.63, 3.8) is 0 Å². The number of nitrogens with one attached hydrogen (secondary N) is 2. The van der Waals surface area contributed by atoms with E-state index in [1.165, 1.54) is 16.2 Å². The lowest BCUT2D eigenvalue weighted by Gasteiger charge is -2.16. The van der Waals surface area contributed by atoms with Crippen LogP contribution in [-0.4, -0.2) is 42.6 Å². The van der Waals surface area contributed by atoms with Crippen LogP contribution in [0.25, 0.3) is 17.2 Å². The van der Waals surface area contributed by atoms with Crippen LogP contribution in [0.2, 0.25) is 0 Å². The first-order valence-corrected chi connectivity index (χ1v) is 11.4. The number of hydrogen-bond acceptors (Lipinski definition) is 7. The number of ether oxygens (including phenoxy) is 1. The molecule has 3 N–H and O–H groups in total. The molecule has 0 saturated heterocycles. The number of rotatable bonds is 9. The normalized spacial score (nSPS) is 12.8. The molecule has 0 aliphatic carbocycles. The number of aromatic amines is 1. The van der Waals surface area contributed by atoms with Crippen LogP contribution in [0.15, 0.2) is 75.4 Å². The number of allylic oxidation sites excluding steroid dienone is 1. The second-order valence-corrected chi connectivity index (χ2v) is 8.38. The Bertz CT molecular complexity index is 1530. The smallest absolute Gasteiger partial charge is 0.329 e. The fraction of sp³-hybridized carbons (Fsp3) is 0.231. The predicted octanol–water partition coefficient (Wildman–Crippen LogP) is 2.67. The van der Waals surface area contributed by atoms with Crippen molar-refractivity contribution in [2.24, 2.45) is 12.1 Å². The van der Waals surface area contributed by atoms with Gasteiger partial charge in [-0.05, 0) is 37.1 Å². The number of aryl methyl sites for hydroxylation is 2. The number of imidazole rings is 1. The molecule has 10 heteroatoms. The lowest BCUT2D eigenvalue weighted by molar-refractivity contribution is 0.0935. The molecule has 2 aromatic carbocycles. The van der Waals surface area contributed by atoms with E-state index < -0.39 is 17.4 Å². The lowest BCUT2D eigenvalue weighted by atomic mass is 10.2. The summed E-state index contributed by atoms with van der Waals surface area (Å²) in [5, 5.41) is 15.1. The molecule has 2 aromatic heterocycles. The molecule has 0 saturated carbocycles. The monoisotopic (exact) mass is 488 g/mol. The standard InChI is InChI=1S/C26H28N6O4/c1-17-9-7-8-12-21(17)36-16-20(33)15-32-22-23(31(3)26(35)28-24(22)34)27-25(32)30-29-18(2)13-14-19-10-5-4-6-11-19/h4-14,20,33H,15-16H2,1-3H3,(H,27,30)(H,28,34,35)/b14-13+,29-18-/t20-/m1/s1. The van der Waals surface area contributed by atoms with Gasteiger partial charge in [-0.25, -0.2) is 10.2 Å². The highest BCUT2D eigenvalue weighted by Gasteiger charge is 2.20. The third kappa shape index (κ3) is 5.61. The Hall–Kier alpha value is -4.44. The summed E-state index contributed by atoms with van der Waals surface area (Å²) >= 11 is 0. The van der Waals surface area contributed by atoms with Crippen LogP contribution in [0.4, 0.5) is 5.95 Å². The first-order chi connectivity index (χ1) is 17.3. The number of hydrogen-bond donors (Lipinski definition) is 3. The zero-order valence-electron chi connectivity index (χ0n) is 20.3. The van der Waals surface area contributed by atoms with Crippen molar-refractivity contribution in [2.75, 3.05) is 12.0 Å². The number of aliphatic hydroxyl groups is 1. The van der Waals surface area contributed by atoms with E-state index in [1.54, 1.807) is 0 Å². The molecule has 0 bridgehead atoms. The van der Waals surface area contributed by atoms with Crippen molar-refractivity contribution in [2.45, 2.75) is 26.5 Å². The highest BCUT2D eigenvalue weighted by molar-refractivity contribution is 5.96. The van der Waals surface area contributed by atoms with Gasteiger partial charge in [0.2, 0.25) is 5.95 Å². The molecule has 0 radical (unpaired) electrons.